The number of rotatable bonds is 4. The number of carbonyl (C=O) groups is 4. The molecular formula is C21H26N4O4S2. The third-order valence-corrected chi connectivity index (χ3v) is 8.24. The highest BCUT2D eigenvalue weighted by molar-refractivity contribution is 7.80. The summed E-state index contributed by atoms with van der Waals surface area (Å²) in [6.07, 6.45) is 2.72. The van der Waals surface area contributed by atoms with Crippen LogP contribution in [0.25, 0.3) is 0 Å². The lowest BCUT2D eigenvalue weighted by Gasteiger charge is -2.39. The van der Waals surface area contributed by atoms with Crippen molar-refractivity contribution in [2.24, 2.45) is 5.41 Å². The summed E-state index contributed by atoms with van der Waals surface area (Å²) in [6.45, 7) is 4.15. The molecule has 0 saturated carbocycles. The zero-order valence-electron chi connectivity index (χ0n) is 17.7. The van der Waals surface area contributed by atoms with Crippen molar-refractivity contribution in [3.05, 3.63) is 21.9 Å². The Hall–Kier alpha value is -2.33. The van der Waals surface area contributed by atoms with Crippen molar-refractivity contribution in [3.63, 3.8) is 0 Å². The van der Waals surface area contributed by atoms with Crippen molar-refractivity contribution in [1.82, 2.24) is 20.0 Å². The number of thiocarbonyl (C=S) groups is 1. The minimum Gasteiger partial charge on any atom is -0.350 e. The van der Waals surface area contributed by atoms with Crippen LogP contribution in [0, 0.1) is 5.41 Å². The topological polar surface area (TPSA) is 90.0 Å². The standard InChI is InChI=1S/C21H26N4O4S2/c1-13(26)15-3-4-16(31-15)19(29)24-8-5-21(6-9-24)7-10-25(12-21)17(27)11-14-18(28)23(2)20(30)22-14/h3-4,14H,5-12H2,1-2H3,(H,22,30). The molecule has 0 bridgehead atoms. The lowest BCUT2D eigenvalue weighted by molar-refractivity contribution is -0.135. The number of nitrogens with zero attached hydrogens (tertiary/aromatic N) is 3. The molecule has 3 aliphatic heterocycles. The number of likely N-dealkylation sites (tertiary alicyclic amines) is 2. The largest absolute Gasteiger partial charge is 0.350 e. The van der Waals surface area contributed by atoms with Crippen LogP contribution in [-0.2, 0) is 9.59 Å². The van der Waals surface area contributed by atoms with Gasteiger partial charge in [-0.15, -0.1) is 11.3 Å². The minimum atomic E-state index is -0.577. The van der Waals surface area contributed by atoms with E-state index in [1.165, 1.54) is 23.2 Å². The second kappa shape index (κ2) is 8.31. The van der Waals surface area contributed by atoms with Crippen LogP contribution < -0.4 is 5.32 Å². The number of thiophene rings is 1. The van der Waals surface area contributed by atoms with E-state index in [1.54, 1.807) is 19.2 Å². The minimum absolute atomic E-state index is 0.0239. The molecule has 1 unspecified atom stereocenters. The van der Waals surface area contributed by atoms with E-state index >= 15 is 0 Å². The summed E-state index contributed by atoms with van der Waals surface area (Å²) in [5, 5.41) is 3.28. The first-order valence-electron chi connectivity index (χ1n) is 10.4. The van der Waals surface area contributed by atoms with Crippen molar-refractivity contribution in [2.75, 3.05) is 33.2 Å². The van der Waals surface area contributed by atoms with Crippen molar-refractivity contribution < 1.29 is 19.2 Å². The van der Waals surface area contributed by atoms with Gasteiger partial charge in [-0.2, -0.15) is 0 Å². The number of nitrogens with one attached hydrogen (secondary N) is 1. The molecule has 1 atom stereocenters. The van der Waals surface area contributed by atoms with Crippen molar-refractivity contribution >= 4 is 52.2 Å². The molecule has 1 aromatic rings. The third-order valence-electron chi connectivity index (χ3n) is 6.68. The molecule has 1 N–H and O–H groups in total. The first-order valence-corrected chi connectivity index (χ1v) is 11.7. The maximum absolute atomic E-state index is 12.8. The molecule has 8 nitrogen and oxygen atoms in total. The second-order valence-electron chi connectivity index (χ2n) is 8.68. The molecule has 10 heteroatoms. The van der Waals surface area contributed by atoms with Crippen LogP contribution in [0.5, 0.6) is 0 Å². The van der Waals surface area contributed by atoms with Crippen molar-refractivity contribution in [3.8, 4) is 0 Å². The quantitative estimate of drug-likeness (QED) is 0.539. The van der Waals surface area contributed by atoms with Crippen molar-refractivity contribution in [2.45, 2.75) is 38.6 Å². The van der Waals surface area contributed by atoms with Gasteiger partial charge in [-0.3, -0.25) is 24.1 Å². The molecule has 166 valence electrons. The van der Waals surface area contributed by atoms with Gasteiger partial charge in [-0.1, -0.05) is 0 Å². The molecule has 1 spiro atoms. The Labute approximate surface area is 190 Å². The Morgan fingerprint density at radius 2 is 1.74 bits per heavy atom. The number of ketones is 1. The van der Waals surface area contributed by atoms with Gasteiger partial charge >= 0.3 is 0 Å². The van der Waals surface area contributed by atoms with Crippen molar-refractivity contribution in [1.29, 1.82) is 0 Å². The fraction of sp³-hybridized carbons (Fsp3) is 0.571. The molecule has 3 aliphatic rings. The summed E-state index contributed by atoms with van der Waals surface area (Å²) in [7, 11) is 1.61. The molecule has 3 saturated heterocycles. The van der Waals surface area contributed by atoms with Crippen LogP contribution >= 0.6 is 23.6 Å². The summed E-state index contributed by atoms with van der Waals surface area (Å²) in [5.41, 5.74) is 0.0334. The normalized spacial score (nSPS) is 22.9. The lowest BCUT2D eigenvalue weighted by Crippen LogP contribution is -2.45. The van der Waals surface area contributed by atoms with Gasteiger partial charge < -0.3 is 15.1 Å². The van der Waals surface area contributed by atoms with E-state index in [0.29, 0.717) is 41.0 Å². The Morgan fingerprint density at radius 1 is 1.13 bits per heavy atom. The summed E-state index contributed by atoms with van der Waals surface area (Å²) in [5.74, 6) is -0.250. The number of likely N-dealkylation sites (N-methyl/N-ethyl adjacent to an activating group) is 1. The summed E-state index contributed by atoms with van der Waals surface area (Å²) >= 11 is 6.33. The van der Waals surface area contributed by atoms with Gasteiger partial charge in [-0.25, -0.2) is 0 Å². The monoisotopic (exact) mass is 462 g/mol. The number of hydrogen-bond acceptors (Lipinski definition) is 6. The van der Waals surface area contributed by atoms with E-state index < -0.39 is 6.04 Å². The van der Waals surface area contributed by atoms with Crippen LogP contribution in [0.1, 0.15) is 52.0 Å². The van der Waals surface area contributed by atoms with Crippen LogP contribution in [0.3, 0.4) is 0 Å². The molecular weight excluding hydrogens is 436 g/mol. The predicted octanol–water partition coefficient (Wildman–Crippen LogP) is 1.51. The summed E-state index contributed by atoms with van der Waals surface area (Å²) < 4.78 is 0. The molecule has 0 aromatic carbocycles. The lowest BCUT2D eigenvalue weighted by atomic mass is 9.77. The van der Waals surface area contributed by atoms with Gasteiger partial charge in [0.1, 0.15) is 6.04 Å². The second-order valence-corrected chi connectivity index (χ2v) is 10.2. The molecule has 0 aliphatic carbocycles. The Balaban J connectivity index is 1.31. The smallest absolute Gasteiger partial charge is 0.263 e. The number of piperidine rings is 1. The number of carbonyl (C=O) groups excluding carboxylic acids is 4. The number of hydrogen-bond donors (Lipinski definition) is 1. The molecule has 3 amide bonds. The van der Waals surface area contributed by atoms with Gasteiger partial charge in [0.05, 0.1) is 16.2 Å². The van der Waals surface area contributed by atoms with Crippen LogP contribution in [0.4, 0.5) is 0 Å². The first-order chi connectivity index (χ1) is 14.7. The third kappa shape index (κ3) is 4.23. The summed E-state index contributed by atoms with van der Waals surface area (Å²) in [6, 6.07) is 2.86. The molecule has 1 aromatic heterocycles. The van der Waals surface area contributed by atoms with Gasteiger partial charge in [0.25, 0.3) is 11.8 Å². The SMILES string of the molecule is CC(=O)c1ccc(C(=O)N2CCC3(CCN(C(=O)CC4NC(=S)N(C)C4=O)C3)CC2)s1. The fourth-order valence-corrected chi connectivity index (χ4v) is 5.72. The van der Waals surface area contributed by atoms with E-state index in [2.05, 4.69) is 5.32 Å². The van der Waals surface area contributed by atoms with Gasteiger partial charge in [0.2, 0.25) is 5.91 Å². The van der Waals surface area contributed by atoms with Crippen LogP contribution in [0.2, 0.25) is 0 Å². The first kappa shape index (κ1) is 21.9. The van der Waals surface area contributed by atoms with E-state index in [-0.39, 0.29) is 35.3 Å². The fourth-order valence-electron chi connectivity index (χ4n) is 4.62. The predicted molar refractivity (Wildman–Crippen MR) is 120 cm³/mol. The maximum atomic E-state index is 12.8. The Bertz CT molecular complexity index is 951. The van der Waals surface area contributed by atoms with Gasteiger partial charge in [0, 0.05) is 33.2 Å². The van der Waals surface area contributed by atoms with Crippen LogP contribution in [-0.4, -0.2) is 82.6 Å². The zero-order chi connectivity index (χ0) is 22.3. The molecule has 4 heterocycles. The van der Waals surface area contributed by atoms with E-state index in [9.17, 15) is 19.2 Å². The summed E-state index contributed by atoms with van der Waals surface area (Å²) in [4.78, 5) is 55.5. The molecule has 31 heavy (non-hydrogen) atoms. The molecule has 0 radical (unpaired) electrons. The zero-order valence-corrected chi connectivity index (χ0v) is 19.3. The highest BCUT2D eigenvalue weighted by atomic mass is 32.1. The van der Waals surface area contributed by atoms with Gasteiger partial charge in [-0.05, 0) is 56.0 Å². The highest BCUT2D eigenvalue weighted by Crippen LogP contribution is 2.41. The number of Topliss-reactive ketones (excluding diaryl/α,β-unsaturated/α-hetero) is 1. The average molecular weight is 463 g/mol. The Kier molecular flexibility index (Phi) is 5.87. The maximum Gasteiger partial charge on any atom is 0.263 e. The van der Waals surface area contributed by atoms with E-state index in [1.807, 2.05) is 9.80 Å². The molecule has 3 fully saturated rings. The van der Waals surface area contributed by atoms with Crippen LogP contribution in [0.15, 0.2) is 12.1 Å². The van der Waals surface area contributed by atoms with E-state index in [4.69, 9.17) is 12.2 Å². The molecule has 4 rings (SSSR count). The van der Waals surface area contributed by atoms with E-state index in [0.717, 1.165) is 19.3 Å². The number of amides is 3. The van der Waals surface area contributed by atoms with Gasteiger partial charge in [0.15, 0.2) is 10.9 Å². The highest BCUT2D eigenvalue weighted by Gasteiger charge is 2.44. The average Bonchev–Trinajstić information content (AvgIpc) is 3.45. The Morgan fingerprint density at radius 3 is 2.29 bits per heavy atom.